The minimum Gasteiger partial charge on any atom is -0.484 e. The average Bonchev–Trinajstić information content (AvgIpc) is 2.69. The molecule has 1 heterocycles. The fourth-order valence-electron chi connectivity index (χ4n) is 2.73. The maximum absolute atomic E-state index is 12.7. The Labute approximate surface area is 174 Å². The molecule has 1 atom stereocenters. The van der Waals surface area contributed by atoms with Crippen molar-refractivity contribution in [3.63, 3.8) is 0 Å². The van der Waals surface area contributed by atoms with Gasteiger partial charge in [-0.1, -0.05) is 18.2 Å². The molecule has 0 saturated carbocycles. The minimum absolute atomic E-state index is 0.0643. The molecule has 0 fully saturated rings. The molecule has 0 bridgehead atoms. The van der Waals surface area contributed by atoms with Gasteiger partial charge in [-0.05, 0) is 31.2 Å². The Morgan fingerprint density at radius 3 is 2.61 bits per heavy atom. The summed E-state index contributed by atoms with van der Waals surface area (Å²) in [5.74, 6) is -0.722. The fraction of sp³-hybridized carbons (Fsp3) is 0.238. The summed E-state index contributed by atoms with van der Waals surface area (Å²) in [5.41, 5.74) is -0.897. The van der Waals surface area contributed by atoms with Gasteiger partial charge in [-0.15, -0.1) is 13.2 Å². The second kappa shape index (κ2) is 9.09. The van der Waals surface area contributed by atoms with Crippen molar-refractivity contribution in [1.29, 1.82) is 0 Å². The number of halogens is 3. The Hall–Kier alpha value is -3.53. The number of carbonyl (C=O) groups excluding carboxylic acids is 1. The van der Waals surface area contributed by atoms with Crippen LogP contribution in [0.4, 0.5) is 13.2 Å². The number of hydrogen-bond acceptors (Lipinski definition) is 6. The highest BCUT2D eigenvalue weighted by Gasteiger charge is 2.32. The number of benzene rings is 2. The molecule has 10 heteroatoms. The smallest absolute Gasteiger partial charge is 0.484 e. The summed E-state index contributed by atoms with van der Waals surface area (Å²) in [6.07, 6.45) is -5.61. The van der Waals surface area contributed by atoms with E-state index in [2.05, 4.69) is 10.1 Å². The first-order valence-electron chi connectivity index (χ1n) is 9.13. The Bertz CT molecular complexity index is 1140. The van der Waals surface area contributed by atoms with E-state index in [-0.39, 0.29) is 35.6 Å². The van der Waals surface area contributed by atoms with Crippen molar-refractivity contribution in [2.24, 2.45) is 0 Å². The molecule has 7 nitrogen and oxygen atoms in total. The molecular weight excluding hydrogens is 419 g/mol. The summed E-state index contributed by atoms with van der Waals surface area (Å²) < 4.78 is 52.6. The van der Waals surface area contributed by atoms with E-state index < -0.39 is 29.7 Å². The highest BCUT2D eigenvalue weighted by atomic mass is 19.4. The Morgan fingerprint density at radius 2 is 1.90 bits per heavy atom. The van der Waals surface area contributed by atoms with E-state index in [4.69, 9.17) is 14.3 Å². The lowest BCUT2D eigenvalue weighted by molar-refractivity contribution is -0.274. The van der Waals surface area contributed by atoms with E-state index in [0.29, 0.717) is 5.39 Å². The number of nitrogens with one attached hydrogen (secondary N) is 1. The van der Waals surface area contributed by atoms with Crippen LogP contribution >= 0.6 is 0 Å². The third kappa shape index (κ3) is 5.98. The van der Waals surface area contributed by atoms with E-state index in [1.807, 2.05) is 0 Å². The first-order chi connectivity index (χ1) is 14.6. The van der Waals surface area contributed by atoms with E-state index in [0.717, 1.165) is 6.07 Å². The molecule has 3 aromatic rings. The molecule has 0 unspecified atom stereocenters. The number of amides is 1. The molecule has 0 aliphatic carbocycles. The van der Waals surface area contributed by atoms with Crippen molar-refractivity contribution in [3.8, 4) is 22.6 Å². The van der Waals surface area contributed by atoms with Crippen molar-refractivity contribution < 1.29 is 37.0 Å². The van der Waals surface area contributed by atoms with Crippen LogP contribution in [-0.2, 0) is 4.79 Å². The molecule has 2 N–H and O–H groups in total. The largest absolute Gasteiger partial charge is 0.573 e. The maximum atomic E-state index is 12.7. The summed E-state index contributed by atoms with van der Waals surface area (Å²) in [7, 11) is 0. The molecular formula is C21H18F3NO6. The van der Waals surface area contributed by atoms with Gasteiger partial charge in [0.1, 0.15) is 17.1 Å². The molecule has 0 aliphatic heterocycles. The first kappa shape index (κ1) is 22.2. The van der Waals surface area contributed by atoms with Crippen LogP contribution in [0.5, 0.6) is 11.5 Å². The zero-order valence-electron chi connectivity index (χ0n) is 16.2. The number of carbonyl (C=O) groups is 1. The third-order valence-electron chi connectivity index (χ3n) is 4.07. The minimum atomic E-state index is -4.92. The van der Waals surface area contributed by atoms with Gasteiger partial charge in [0, 0.05) is 23.6 Å². The van der Waals surface area contributed by atoms with Gasteiger partial charge in [0.15, 0.2) is 6.61 Å². The van der Waals surface area contributed by atoms with Crippen LogP contribution < -0.4 is 20.4 Å². The maximum Gasteiger partial charge on any atom is 0.573 e. The summed E-state index contributed by atoms with van der Waals surface area (Å²) in [6.45, 7) is 1.29. The number of fused-ring (bicyclic) bond motifs is 1. The fourth-order valence-corrected chi connectivity index (χ4v) is 2.73. The molecule has 0 saturated heterocycles. The van der Waals surface area contributed by atoms with E-state index in [1.165, 1.54) is 49.4 Å². The van der Waals surface area contributed by atoms with Crippen LogP contribution in [-0.4, -0.2) is 36.6 Å². The van der Waals surface area contributed by atoms with Crippen molar-refractivity contribution in [2.75, 3.05) is 13.2 Å². The van der Waals surface area contributed by atoms with E-state index in [1.54, 1.807) is 0 Å². The van der Waals surface area contributed by atoms with E-state index in [9.17, 15) is 22.8 Å². The van der Waals surface area contributed by atoms with Crippen molar-refractivity contribution in [2.45, 2.75) is 19.4 Å². The van der Waals surface area contributed by atoms with Crippen LogP contribution in [0.2, 0.25) is 0 Å². The third-order valence-corrected chi connectivity index (χ3v) is 4.07. The van der Waals surface area contributed by atoms with Gasteiger partial charge in [-0.25, -0.2) is 4.79 Å². The van der Waals surface area contributed by atoms with Crippen LogP contribution in [0.25, 0.3) is 22.1 Å². The van der Waals surface area contributed by atoms with Gasteiger partial charge in [0.25, 0.3) is 5.91 Å². The number of alkyl halides is 3. The lowest BCUT2D eigenvalue weighted by Crippen LogP contribution is -2.34. The summed E-state index contributed by atoms with van der Waals surface area (Å²) in [6, 6.07) is 11.1. The van der Waals surface area contributed by atoms with Crippen molar-refractivity contribution >= 4 is 16.9 Å². The van der Waals surface area contributed by atoms with Crippen LogP contribution in [0.15, 0.2) is 57.7 Å². The molecule has 31 heavy (non-hydrogen) atoms. The lowest BCUT2D eigenvalue weighted by Gasteiger charge is -2.13. The normalized spacial score (nSPS) is 12.4. The van der Waals surface area contributed by atoms with Gasteiger partial charge in [-0.3, -0.25) is 4.79 Å². The zero-order valence-corrected chi connectivity index (χ0v) is 16.2. The molecule has 164 valence electrons. The Balaban J connectivity index is 1.85. The van der Waals surface area contributed by atoms with Crippen molar-refractivity contribution in [1.82, 2.24) is 5.32 Å². The number of hydrogen-bond donors (Lipinski definition) is 2. The lowest BCUT2D eigenvalue weighted by atomic mass is 10.0. The second-order valence-electron chi connectivity index (χ2n) is 6.63. The quantitative estimate of drug-likeness (QED) is 0.551. The number of rotatable bonds is 7. The van der Waals surface area contributed by atoms with Crippen molar-refractivity contribution in [3.05, 3.63) is 59.0 Å². The predicted octanol–water partition coefficient (Wildman–Crippen LogP) is 3.23. The first-order valence-corrected chi connectivity index (χ1v) is 9.13. The monoisotopic (exact) mass is 437 g/mol. The highest BCUT2D eigenvalue weighted by molar-refractivity contribution is 5.84. The average molecular weight is 437 g/mol. The molecule has 0 radical (unpaired) electrons. The Kier molecular flexibility index (Phi) is 6.50. The topological polar surface area (TPSA) is 98.0 Å². The van der Waals surface area contributed by atoms with Gasteiger partial charge >= 0.3 is 12.0 Å². The molecule has 2 aromatic carbocycles. The zero-order chi connectivity index (χ0) is 22.6. The van der Waals surface area contributed by atoms with Gasteiger partial charge in [0.05, 0.1) is 11.7 Å². The molecule has 0 spiro atoms. The summed E-state index contributed by atoms with van der Waals surface area (Å²) >= 11 is 0. The summed E-state index contributed by atoms with van der Waals surface area (Å²) in [5, 5.41) is 12.0. The van der Waals surface area contributed by atoms with Crippen LogP contribution in [0, 0.1) is 0 Å². The molecule has 3 rings (SSSR count). The van der Waals surface area contributed by atoms with Gasteiger partial charge in [0.2, 0.25) is 0 Å². The molecule has 1 aromatic heterocycles. The molecule has 0 aliphatic rings. The standard InChI is InChI=1S/C21H18F3NO6/c1-12(26)10-25-19(27)11-29-14-7-6-13-8-16(20(28)30-18(13)9-14)15-4-2-3-5-17(15)31-21(22,23)24/h2-9,12,26H,10-11H2,1H3,(H,25,27)/t12-/m0/s1. The van der Waals surface area contributed by atoms with Crippen LogP contribution in [0.3, 0.4) is 0 Å². The molecule has 1 amide bonds. The number of aliphatic hydroxyl groups excluding tert-OH is 1. The second-order valence-corrected chi connectivity index (χ2v) is 6.63. The Morgan fingerprint density at radius 1 is 1.16 bits per heavy atom. The van der Waals surface area contributed by atoms with Gasteiger partial charge in [-0.2, -0.15) is 0 Å². The van der Waals surface area contributed by atoms with E-state index >= 15 is 0 Å². The highest BCUT2D eigenvalue weighted by Crippen LogP contribution is 2.33. The number of aliphatic hydroxyl groups is 1. The SMILES string of the molecule is C[C@H](O)CNC(=O)COc1ccc2cc(-c3ccccc3OC(F)(F)F)c(=O)oc2c1. The number of ether oxygens (including phenoxy) is 2. The van der Waals surface area contributed by atoms with Crippen LogP contribution in [0.1, 0.15) is 6.92 Å². The summed E-state index contributed by atoms with van der Waals surface area (Å²) in [4.78, 5) is 24.1. The number of para-hydroxylation sites is 1. The predicted molar refractivity (Wildman–Crippen MR) is 105 cm³/mol. The van der Waals surface area contributed by atoms with Gasteiger partial charge < -0.3 is 24.3 Å².